The summed E-state index contributed by atoms with van der Waals surface area (Å²) in [6.45, 7) is -0.0372. The smallest absolute Gasteiger partial charge is 0.340 e. The van der Waals surface area contributed by atoms with Crippen LogP contribution in [-0.4, -0.2) is 28.5 Å². The van der Waals surface area contributed by atoms with Gasteiger partial charge >= 0.3 is 5.97 Å². The first-order valence-corrected chi connectivity index (χ1v) is 9.54. The Morgan fingerprint density at radius 3 is 2.07 bits per heavy atom. The second-order valence-corrected chi connectivity index (χ2v) is 6.52. The van der Waals surface area contributed by atoms with E-state index in [0.29, 0.717) is 16.6 Å². The Balaban J connectivity index is 1.47. The van der Waals surface area contributed by atoms with Crippen molar-refractivity contribution in [3.8, 4) is 0 Å². The van der Waals surface area contributed by atoms with Crippen LogP contribution in [0.5, 0.6) is 0 Å². The molecule has 0 aliphatic rings. The Morgan fingerprint density at radius 2 is 1.40 bits per heavy atom. The number of hydrogen-bond donors (Lipinski definition) is 0. The third kappa shape index (κ3) is 4.17. The number of carbonyl (C=O) groups excluding carboxylic acids is 2. The van der Waals surface area contributed by atoms with E-state index in [-0.39, 0.29) is 18.9 Å². The molecular weight excluding hydrogens is 378 g/mol. The zero-order valence-corrected chi connectivity index (χ0v) is 16.1. The van der Waals surface area contributed by atoms with Crippen molar-refractivity contribution >= 4 is 34.3 Å². The van der Waals surface area contributed by atoms with Crippen molar-refractivity contribution in [2.24, 2.45) is 0 Å². The van der Waals surface area contributed by atoms with Gasteiger partial charge in [0.05, 0.1) is 17.5 Å². The minimum absolute atomic E-state index is 0.0372. The summed E-state index contributed by atoms with van der Waals surface area (Å²) in [5, 5.41) is 0. The first kappa shape index (κ1) is 19.3. The van der Waals surface area contributed by atoms with E-state index in [4.69, 9.17) is 4.74 Å². The number of fused-ring (bicyclic) bond motifs is 1. The van der Waals surface area contributed by atoms with Crippen molar-refractivity contribution in [2.75, 3.05) is 11.5 Å². The first-order valence-electron chi connectivity index (χ1n) is 9.54. The number of nitrogens with zero attached hydrogens (tertiary/aromatic N) is 3. The standard InChI is InChI=1S/C24H19N3O3/c28-22(27(18-8-3-1-4-9-18)19-10-5-2-6-11-19)14-17-30-24(29)20-12-7-13-21-23(20)26-16-15-25-21/h1-13,15-16H,14,17H2. The van der Waals surface area contributed by atoms with Gasteiger partial charge < -0.3 is 4.74 Å². The van der Waals surface area contributed by atoms with Crippen molar-refractivity contribution in [2.45, 2.75) is 6.42 Å². The number of esters is 1. The molecule has 0 aliphatic carbocycles. The number of para-hydroxylation sites is 3. The summed E-state index contributed by atoms with van der Waals surface area (Å²) in [6.07, 6.45) is 3.14. The van der Waals surface area contributed by atoms with Crippen LogP contribution in [0.4, 0.5) is 11.4 Å². The second kappa shape index (κ2) is 8.96. The van der Waals surface area contributed by atoms with E-state index >= 15 is 0 Å². The maximum Gasteiger partial charge on any atom is 0.340 e. The lowest BCUT2D eigenvalue weighted by atomic mass is 10.2. The molecule has 0 aliphatic heterocycles. The highest BCUT2D eigenvalue weighted by Gasteiger charge is 2.19. The largest absolute Gasteiger partial charge is 0.461 e. The number of rotatable bonds is 6. The van der Waals surface area contributed by atoms with E-state index in [1.165, 1.54) is 6.20 Å². The van der Waals surface area contributed by atoms with Crippen LogP contribution in [0, 0.1) is 0 Å². The topological polar surface area (TPSA) is 72.4 Å². The van der Waals surface area contributed by atoms with Crippen LogP contribution in [0.1, 0.15) is 16.8 Å². The predicted octanol–water partition coefficient (Wildman–Crippen LogP) is 4.54. The summed E-state index contributed by atoms with van der Waals surface area (Å²) in [5.74, 6) is -0.696. The number of aromatic nitrogens is 2. The summed E-state index contributed by atoms with van der Waals surface area (Å²) in [7, 11) is 0. The van der Waals surface area contributed by atoms with Crippen LogP contribution < -0.4 is 4.90 Å². The van der Waals surface area contributed by atoms with Crippen LogP contribution in [-0.2, 0) is 9.53 Å². The minimum Gasteiger partial charge on any atom is -0.461 e. The number of benzene rings is 3. The lowest BCUT2D eigenvalue weighted by Gasteiger charge is -2.23. The maximum absolute atomic E-state index is 13.0. The highest BCUT2D eigenvalue weighted by atomic mass is 16.5. The van der Waals surface area contributed by atoms with Crippen LogP contribution in [0.2, 0.25) is 0 Å². The van der Waals surface area contributed by atoms with E-state index in [9.17, 15) is 9.59 Å². The summed E-state index contributed by atoms with van der Waals surface area (Å²) in [5.41, 5.74) is 2.93. The molecule has 4 aromatic rings. The fourth-order valence-electron chi connectivity index (χ4n) is 3.17. The van der Waals surface area contributed by atoms with Crippen molar-refractivity contribution in [1.29, 1.82) is 0 Å². The molecule has 0 bridgehead atoms. The molecule has 4 rings (SSSR count). The summed E-state index contributed by atoms with van der Waals surface area (Å²) in [4.78, 5) is 35.6. The predicted molar refractivity (Wildman–Crippen MR) is 114 cm³/mol. The van der Waals surface area contributed by atoms with Gasteiger partial charge in [0.15, 0.2) is 0 Å². The van der Waals surface area contributed by atoms with Gasteiger partial charge in [-0.2, -0.15) is 0 Å². The quantitative estimate of drug-likeness (QED) is 0.447. The van der Waals surface area contributed by atoms with Crippen molar-refractivity contribution < 1.29 is 14.3 Å². The summed E-state index contributed by atoms with van der Waals surface area (Å²) < 4.78 is 5.37. The molecule has 1 amide bonds. The number of carbonyl (C=O) groups is 2. The molecule has 148 valence electrons. The Kier molecular flexibility index (Phi) is 5.75. The van der Waals surface area contributed by atoms with E-state index in [0.717, 1.165) is 11.4 Å². The van der Waals surface area contributed by atoms with Crippen LogP contribution in [0.25, 0.3) is 11.0 Å². The summed E-state index contributed by atoms with van der Waals surface area (Å²) in [6, 6.07) is 23.9. The Bertz CT molecular complexity index is 1120. The highest BCUT2D eigenvalue weighted by Crippen LogP contribution is 2.26. The van der Waals surface area contributed by atoms with Gasteiger partial charge in [-0.1, -0.05) is 42.5 Å². The van der Waals surface area contributed by atoms with Gasteiger partial charge in [-0.15, -0.1) is 0 Å². The Hall–Kier alpha value is -4.06. The molecule has 1 heterocycles. The van der Waals surface area contributed by atoms with Gasteiger partial charge in [-0.05, 0) is 36.4 Å². The van der Waals surface area contributed by atoms with Crippen molar-refractivity contribution in [3.63, 3.8) is 0 Å². The molecule has 1 aromatic heterocycles. The number of hydrogen-bond acceptors (Lipinski definition) is 5. The molecule has 0 atom stereocenters. The van der Waals surface area contributed by atoms with Gasteiger partial charge in [0, 0.05) is 23.8 Å². The van der Waals surface area contributed by atoms with Crippen LogP contribution in [0.3, 0.4) is 0 Å². The summed E-state index contributed by atoms with van der Waals surface area (Å²) >= 11 is 0. The van der Waals surface area contributed by atoms with E-state index in [1.54, 1.807) is 29.3 Å². The lowest BCUT2D eigenvalue weighted by molar-refractivity contribution is -0.118. The highest BCUT2D eigenvalue weighted by molar-refractivity contribution is 6.02. The normalized spacial score (nSPS) is 10.5. The van der Waals surface area contributed by atoms with Crippen molar-refractivity contribution in [1.82, 2.24) is 9.97 Å². The zero-order valence-electron chi connectivity index (χ0n) is 16.1. The molecule has 0 fully saturated rings. The minimum atomic E-state index is -0.528. The molecule has 0 spiro atoms. The Morgan fingerprint density at radius 1 is 0.767 bits per heavy atom. The third-order valence-electron chi connectivity index (χ3n) is 4.55. The van der Waals surface area contributed by atoms with Gasteiger partial charge in [-0.3, -0.25) is 19.7 Å². The first-order chi connectivity index (χ1) is 14.7. The average molecular weight is 397 g/mol. The van der Waals surface area contributed by atoms with Gasteiger partial charge in [0.25, 0.3) is 0 Å². The monoisotopic (exact) mass is 397 g/mol. The molecule has 6 heteroatoms. The molecule has 6 nitrogen and oxygen atoms in total. The number of amides is 1. The van der Waals surface area contributed by atoms with Gasteiger partial charge in [-0.25, -0.2) is 4.79 Å². The molecule has 3 aromatic carbocycles. The average Bonchev–Trinajstić information content (AvgIpc) is 2.80. The fraction of sp³-hybridized carbons (Fsp3) is 0.0833. The van der Waals surface area contributed by atoms with Gasteiger partial charge in [0.2, 0.25) is 5.91 Å². The second-order valence-electron chi connectivity index (χ2n) is 6.52. The lowest BCUT2D eigenvalue weighted by Crippen LogP contribution is -2.27. The van der Waals surface area contributed by atoms with E-state index in [2.05, 4.69) is 9.97 Å². The zero-order chi connectivity index (χ0) is 20.8. The van der Waals surface area contributed by atoms with E-state index in [1.807, 2.05) is 60.7 Å². The van der Waals surface area contributed by atoms with Crippen LogP contribution >= 0.6 is 0 Å². The van der Waals surface area contributed by atoms with Crippen LogP contribution in [0.15, 0.2) is 91.3 Å². The molecule has 0 unspecified atom stereocenters. The molecule has 0 saturated carbocycles. The molecule has 0 radical (unpaired) electrons. The maximum atomic E-state index is 13.0. The SMILES string of the molecule is O=C(OCCC(=O)N(c1ccccc1)c1ccccc1)c1cccc2nccnc12. The van der Waals surface area contributed by atoms with Crippen molar-refractivity contribution in [3.05, 3.63) is 96.8 Å². The molecular formula is C24H19N3O3. The molecule has 30 heavy (non-hydrogen) atoms. The Labute approximate surface area is 173 Å². The van der Waals surface area contributed by atoms with Gasteiger partial charge in [0.1, 0.15) is 12.1 Å². The fourth-order valence-corrected chi connectivity index (χ4v) is 3.17. The number of anilines is 2. The van der Waals surface area contributed by atoms with E-state index < -0.39 is 5.97 Å². The third-order valence-corrected chi connectivity index (χ3v) is 4.55. The number of ether oxygens (including phenoxy) is 1. The molecule has 0 N–H and O–H groups in total. The molecule has 0 saturated heterocycles.